The van der Waals surface area contributed by atoms with Gasteiger partial charge < -0.3 is 13.7 Å². The SMILES string of the molecule is c1ccc(-c2ccc(N(c3ccc(-c4ccc(-c5cccc6c5oc5ccccc56)cc4)cc3)c3ccc(-c4ccc(-c5cccc6c5oc5ccccc56)cc4)cc3)cc2)cc1. The van der Waals surface area contributed by atoms with Gasteiger partial charge in [-0.15, -0.1) is 0 Å². The number of hydrogen-bond acceptors (Lipinski definition) is 3. The van der Waals surface area contributed by atoms with Crippen molar-refractivity contribution in [2.24, 2.45) is 0 Å². The summed E-state index contributed by atoms with van der Waals surface area (Å²) in [6, 6.07) is 84.0. The molecule has 0 bridgehead atoms. The fourth-order valence-corrected chi connectivity index (χ4v) is 9.12. The largest absolute Gasteiger partial charge is 0.455 e. The summed E-state index contributed by atoms with van der Waals surface area (Å²) in [4.78, 5) is 2.33. The Labute approximate surface area is 365 Å². The minimum absolute atomic E-state index is 0.911. The topological polar surface area (TPSA) is 29.5 Å². The van der Waals surface area contributed by atoms with Crippen molar-refractivity contribution in [2.75, 3.05) is 4.90 Å². The number of fused-ring (bicyclic) bond motifs is 6. The Hall–Kier alpha value is -8.40. The molecule has 3 heteroatoms. The van der Waals surface area contributed by atoms with Gasteiger partial charge in [0, 0.05) is 49.7 Å². The number of benzene rings is 10. The van der Waals surface area contributed by atoms with E-state index >= 15 is 0 Å². The number of nitrogens with zero attached hydrogens (tertiary/aromatic N) is 1. The van der Waals surface area contributed by atoms with Gasteiger partial charge in [0.05, 0.1) is 0 Å². The van der Waals surface area contributed by atoms with Gasteiger partial charge in [0.25, 0.3) is 0 Å². The zero-order valence-corrected chi connectivity index (χ0v) is 34.3. The summed E-state index contributed by atoms with van der Waals surface area (Å²) in [6.07, 6.45) is 0. The monoisotopic (exact) mass is 805 g/mol. The van der Waals surface area contributed by atoms with Crippen LogP contribution < -0.4 is 4.90 Å². The van der Waals surface area contributed by atoms with E-state index < -0.39 is 0 Å². The molecule has 0 aliphatic rings. The van der Waals surface area contributed by atoms with Crippen LogP contribution in [0.3, 0.4) is 0 Å². The van der Waals surface area contributed by atoms with Crippen LogP contribution in [0.2, 0.25) is 0 Å². The Kier molecular flexibility index (Phi) is 8.83. The van der Waals surface area contributed by atoms with Crippen molar-refractivity contribution in [1.82, 2.24) is 0 Å². The molecular weight excluding hydrogens is 767 g/mol. The Bertz CT molecular complexity index is 3360. The normalized spacial score (nSPS) is 11.5. The molecule has 0 amide bonds. The summed E-state index contributed by atoms with van der Waals surface area (Å²) in [7, 11) is 0. The van der Waals surface area contributed by atoms with E-state index in [1.165, 1.54) is 11.1 Å². The van der Waals surface area contributed by atoms with Gasteiger partial charge in [0.2, 0.25) is 0 Å². The second-order valence-corrected chi connectivity index (χ2v) is 16.1. The molecule has 0 aliphatic heterocycles. The van der Waals surface area contributed by atoms with E-state index in [9.17, 15) is 0 Å². The number of furan rings is 2. The van der Waals surface area contributed by atoms with E-state index in [0.717, 1.165) is 105 Å². The van der Waals surface area contributed by atoms with E-state index in [0.29, 0.717) is 0 Å². The number of anilines is 3. The molecule has 3 nitrogen and oxygen atoms in total. The van der Waals surface area contributed by atoms with Crippen LogP contribution in [-0.4, -0.2) is 0 Å². The maximum atomic E-state index is 6.35. The number of rotatable bonds is 8. The molecule has 0 saturated carbocycles. The lowest BCUT2D eigenvalue weighted by atomic mass is 9.98. The molecule has 0 atom stereocenters. The van der Waals surface area contributed by atoms with Gasteiger partial charge in [0.15, 0.2) is 0 Å². The average Bonchev–Trinajstić information content (AvgIpc) is 3.94. The fraction of sp³-hybridized carbons (Fsp3) is 0. The fourth-order valence-electron chi connectivity index (χ4n) is 9.12. The standard InChI is InChI=1S/C60H39NO2/c1-2-10-40(11-3-1)43-28-34-48(35-29-43)61(49-36-30-44(31-37-49)41-20-24-46(25-21-41)51-14-8-16-55-53-12-4-6-18-57(53)62-59(51)55)50-38-32-45(33-39-50)42-22-26-47(27-23-42)52-15-9-17-56-54-13-5-7-19-58(54)63-60(52)56/h1-39H. The van der Waals surface area contributed by atoms with Crippen molar-refractivity contribution in [2.45, 2.75) is 0 Å². The van der Waals surface area contributed by atoms with Gasteiger partial charge in [-0.25, -0.2) is 0 Å². The molecule has 12 rings (SSSR count). The van der Waals surface area contributed by atoms with Gasteiger partial charge >= 0.3 is 0 Å². The van der Waals surface area contributed by atoms with Crippen molar-refractivity contribution in [3.63, 3.8) is 0 Å². The molecular formula is C60H39NO2. The highest BCUT2D eigenvalue weighted by Crippen LogP contribution is 2.41. The summed E-state index contributed by atoms with van der Waals surface area (Å²) < 4.78 is 12.7. The van der Waals surface area contributed by atoms with Crippen LogP contribution in [0.25, 0.3) is 99.5 Å². The summed E-state index contributed by atoms with van der Waals surface area (Å²) in [5, 5.41) is 4.56. The lowest BCUT2D eigenvalue weighted by molar-refractivity contribution is 0.669. The zero-order chi connectivity index (χ0) is 41.7. The maximum absolute atomic E-state index is 6.35. The van der Waals surface area contributed by atoms with E-state index in [-0.39, 0.29) is 0 Å². The van der Waals surface area contributed by atoms with Crippen molar-refractivity contribution in [1.29, 1.82) is 0 Å². The predicted molar refractivity (Wildman–Crippen MR) is 263 cm³/mol. The first-order chi connectivity index (χ1) is 31.2. The lowest BCUT2D eigenvalue weighted by Gasteiger charge is -2.26. The smallest absolute Gasteiger partial charge is 0.143 e. The molecule has 0 saturated heterocycles. The first-order valence-corrected chi connectivity index (χ1v) is 21.4. The molecule has 0 spiro atoms. The van der Waals surface area contributed by atoms with Crippen LogP contribution in [0.4, 0.5) is 17.1 Å². The number of para-hydroxylation sites is 4. The maximum Gasteiger partial charge on any atom is 0.143 e. The molecule has 0 N–H and O–H groups in total. The van der Waals surface area contributed by atoms with Gasteiger partial charge in [0.1, 0.15) is 22.3 Å². The average molecular weight is 806 g/mol. The summed E-state index contributed by atoms with van der Waals surface area (Å²) >= 11 is 0. The Morgan fingerprint density at radius 1 is 0.222 bits per heavy atom. The number of hydrogen-bond donors (Lipinski definition) is 0. The Balaban J connectivity index is 0.847. The van der Waals surface area contributed by atoms with Crippen LogP contribution in [0.1, 0.15) is 0 Å². The molecule has 0 radical (unpaired) electrons. The predicted octanol–water partition coefficient (Wildman–Crippen LogP) is 17.3. The van der Waals surface area contributed by atoms with Gasteiger partial charge in [-0.3, -0.25) is 0 Å². The highest BCUT2D eigenvalue weighted by Gasteiger charge is 2.16. The summed E-state index contributed by atoms with van der Waals surface area (Å²) in [6.45, 7) is 0. The van der Waals surface area contributed by atoms with Gasteiger partial charge in [-0.05, 0) is 93.0 Å². The first kappa shape index (κ1) is 36.5. The van der Waals surface area contributed by atoms with Crippen LogP contribution in [-0.2, 0) is 0 Å². The molecule has 63 heavy (non-hydrogen) atoms. The highest BCUT2D eigenvalue weighted by molar-refractivity contribution is 6.10. The van der Waals surface area contributed by atoms with E-state index in [1.54, 1.807) is 0 Å². The first-order valence-electron chi connectivity index (χ1n) is 21.4. The highest BCUT2D eigenvalue weighted by atomic mass is 16.3. The van der Waals surface area contributed by atoms with E-state index in [2.05, 4.69) is 217 Å². The van der Waals surface area contributed by atoms with Crippen LogP contribution >= 0.6 is 0 Å². The Morgan fingerprint density at radius 3 is 0.921 bits per heavy atom. The zero-order valence-electron chi connectivity index (χ0n) is 34.3. The minimum Gasteiger partial charge on any atom is -0.455 e. The van der Waals surface area contributed by atoms with Gasteiger partial charge in [-0.1, -0.05) is 188 Å². The summed E-state index contributed by atoms with van der Waals surface area (Å²) in [5.41, 5.74) is 18.4. The van der Waals surface area contributed by atoms with Crippen molar-refractivity contribution < 1.29 is 8.83 Å². The van der Waals surface area contributed by atoms with Crippen LogP contribution in [0.5, 0.6) is 0 Å². The molecule has 0 aliphatic carbocycles. The third-order valence-corrected chi connectivity index (χ3v) is 12.4. The molecule has 2 aromatic heterocycles. The molecule has 296 valence electrons. The molecule has 12 aromatic rings. The van der Waals surface area contributed by atoms with Crippen molar-refractivity contribution in [3.8, 4) is 55.6 Å². The van der Waals surface area contributed by atoms with E-state index in [4.69, 9.17) is 8.83 Å². The lowest BCUT2D eigenvalue weighted by Crippen LogP contribution is -2.09. The Morgan fingerprint density at radius 2 is 0.524 bits per heavy atom. The summed E-state index contributed by atoms with van der Waals surface area (Å²) in [5.74, 6) is 0. The molecule has 0 fully saturated rings. The van der Waals surface area contributed by atoms with Crippen molar-refractivity contribution >= 4 is 60.9 Å². The van der Waals surface area contributed by atoms with E-state index in [1.807, 2.05) is 24.3 Å². The van der Waals surface area contributed by atoms with Crippen LogP contribution in [0, 0.1) is 0 Å². The molecule has 2 heterocycles. The van der Waals surface area contributed by atoms with Crippen molar-refractivity contribution in [3.05, 3.63) is 237 Å². The molecule has 10 aromatic carbocycles. The minimum atomic E-state index is 0.911. The second kappa shape index (κ2) is 15.3. The van der Waals surface area contributed by atoms with Crippen LogP contribution in [0.15, 0.2) is 245 Å². The van der Waals surface area contributed by atoms with Gasteiger partial charge in [-0.2, -0.15) is 0 Å². The molecule has 0 unspecified atom stereocenters. The third-order valence-electron chi connectivity index (χ3n) is 12.4. The second-order valence-electron chi connectivity index (χ2n) is 16.1. The quantitative estimate of drug-likeness (QED) is 0.153. The third kappa shape index (κ3) is 6.55.